The van der Waals surface area contributed by atoms with Crippen molar-refractivity contribution in [3.8, 4) is 22.6 Å². The average molecular weight is 512 g/mol. The van der Waals surface area contributed by atoms with Crippen molar-refractivity contribution in [3.05, 3.63) is 71.8 Å². The SMILES string of the molecule is CCCCCCc1cnc(C(=O)Oc2ccc(-c3ccc(OC(F)(F)C(F)F)c(F)c3)c(F)c2)nc1. The third-order valence-electron chi connectivity index (χ3n) is 5.10. The van der Waals surface area contributed by atoms with Gasteiger partial charge in [-0.15, -0.1) is 0 Å². The number of nitrogens with zero attached hydrogens (tertiary/aromatic N) is 2. The second kappa shape index (κ2) is 11.9. The Hall–Kier alpha value is -3.63. The Morgan fingerprint density at radius 1 is 0.972 bits per heavy atom. The molecule has 0 aliphatic heterocycles. The maximum absolute atomic E-state index is 14.6. The summed E-state index contributed by atoms with van der Waals surface area (Å²) < 4.78 is 88.1. The Morgan fingerprint density at radius 3 is 2.31 bits per heavy atom. The molecule has 0 spiro atoms. The van der Waals surface area contributed by atoms with Crippen LogP contribution in [0.5, 0.6) is 11.5 Å². The number of halogens is 6. The van der Waals surface area contributed by atoms with Gasteiger partial charge in [0.15, 0.2) is 11.6 Å². The molecule has 3 aromatic rings. The minimum absolute atomic E-state index is 0.0894. The fraction of sp³-hybridized carbons (Fsp3) is 0.320. The summed E-state index contributed by atoms with van der Waals surface area (Å²) in [7, 11) is 0. The second-order valence-corrected chi connectivity index (χ2v) is 7.87. The van der Waals surface area contributed by atoms with Crippen LogP contribution in [0.2, 0.25) is 0 Å². The van der Waals surface area contributed by atoms with E-state index >= 15 is 0 Å². The lowest BCUT2D eigenvalue weighted by Crippen LogP contribution is -2.33. The van der Waals surface area contributed by atoms with Crippen molar-refractivity contribution in [3.63, 3.8) is 0 Å². The van der Waals surface area contributed by atoms with Crippen molar-refractivity contribution in [2.45, 2.75) is 51.6 Å². The van der Waals surface area contributed by atoms with E-state index in [9.17, 15) is 31.1 Å². The molecule has 0 radical (unpaired) electrons. The molecule has 0 fully saturated rings. The predicted octanol–water partition coefficient (Wildman–Crippen LogP) is 7.00. The Kier molecular flexibility index (Phi) is 8.89. The van der Waals surface area contributed by atoms with Crippen molar-refractivity contribution in [2.24, 2.45) is 0 Å². The largest absolute Gasteiger partial charge is 0.461 e. The Labute approximate surface area is 203 Å². The summed E-state index contributed by atoms with van der Waals surface area (Å²) in [5, 5.41) is 0. The molecular weight excluding hydrogens is 490 g/mol. The third-order valence-corrected chi connectivity index (χ3v) is 5.10. The first-order chi connectivity index (χ1) is 17.1. The van der Waals surface area contributed by atoms with Crippen LogP contribution in [0.25, 0.3) is 11.1 Å². The Bertz CT molecular complexity index is 1190. The van der Waals surface area contributed by atoms with Crippen molar-refractivity contribution < 1.29 is 40.6 Å². The third kappa shape index (κ3) is 6.96. The van der Waals surface area contributed by atoms with Crippen LogP contribution in [-0.2, 0) is 6.42 Å². The molecular formula is C25H22F6N2O3. The van der Waals surface area contributed by atoms with Gasteiger partial charge in [-0.3, -0.25) is 0 Å². The molecule has 36 heavy (non-hydrogen) atoms. The molecule has 0 aliphatic rings. The number of esters is 1. The van der Waals surface area contributed by atoms with E-state index in [1.807, 2.05) is 0 Å². The number of aromatic nitrogens is 2. The molecule has 0 N–H and O–H groups in total. The molecule has 0 aliphatic carbocycles. The minimum atomic E-state index is -4.89. The van der Waals surface area contributed by atoms with Crippen LogP contribution < -0.4 is 9.47 Å². The quantitative estimate of drug-likeness (QED) is 0.120. The van der Waals surface area contributed by atoms with Gasteiger partial charge in [-0.1, -0.05) is 32.3 Å². The molecule has 0 unspecified atom stereocenters. The molecule has 1 heterocycles. The summed E-state index contributed by atoms with van der Waals surface area (Å²) in [4.78, 5) is 20.3. The lowest BCUT2D eigenvalue weighted by atomic mass is 10.0. The van der Waals surface area contributed by atoms with Crippen molar-refractivity contribution in [2.75, 3.05) is 0 Å². The molecule has 2 aromatic carbocycles. The normalized spacial score (nSPS) is 11.6. The van der Waals surface area contributed by atoms with Gasteiger partial charge < -0.3 is 9.47 Å². The van der Waals surface area contributed by atoms with E-state index in [2.05, 4.69) is 21.6 Å². The van der Waals surface area contributed by atoms with Gasteiger partial charge in [0.1, 0.15) is 11.6 Å². The van der Waals surface area contributed by atoms with E-state index in [0.29, 0.717) is 12.1 Å². The molecule has 0 atom stereocenters. The van der Waals surface area contributed by atoms with Gasteiger partial charge in [-0.25, -0.2) is 23.5 Å². The molecule has 0 bridgehead atoms. The monoisotopic (exact) mass is 512 g/mol. The number of hydrogen-bond acceptors (Lipinski definition) is 5. The molecule has 3 rings (SSSR count). The molecule has 11 heteroatoms. The maximum atomic E-state index is 14.6. The summed E-state index contributed by atoms with van der Waals surface area (Å²) in [5.74, 6) is -4.74. The first kappa shape index (κ1) is 27.0. The van der Waals surface area contributed by atoms with Gasteiger partial charge in [0, 0.05) is 24.0 Å². The van der Waals surface area contributed by atoms with Gasteiger partial charge in [-0.05, 0) is 48.2 Å². The topological polar surface area (TPSA) is 61.3 Å². The van der Waals surface area contributed by atoms with Crippen LogP contribution >= 0.6 is 0 Å². The zero-order valence-corrected chi connectivity index (χ0v) is 19.1. The van der Waals surface area contributed by atoms with Crippen LogP contribution in [0.1, 0.15) is 48.8 Å². The number of carbonyl (C=O) groups is 1. The van der Waals surface area contributed by atoms with Crippen molar-refractivity contribution >= 4 is 5.97 Å². The number of hydrogen-bond donors (Lipinski definition) is 0. The van der Waals surface area contributed by atoms with Gasteiger partial charge >= 0.3 is 18.5 Å². The number of alkyl halides is 4. The molecule has 0 amide bonds. The fourth-order valence-electron chi connectivity index (χ4n) is 3.23. The van der Waals surface area contributed by atoms with Crippen molar-refractivity contribution in [1.29, 1.82) is 0 Å². The fourth-order valence-corrected chi connectivity index (χ4v) is 3.23. The zero-order chi connectivity index (χ0) is 26.3. The summed E-state index contributed by atoms with van der Waals surface area (Å²) in [5.41, 5.74) is 0.623. The Morgan fingerprint density at radius 2 is 1.69 bits per heavy atom. The summed E-state index contributed by atoms with van der Waals surface area (Å²) >= 11 is 0. The van der Waals surface area contributed by atoms with Crippen LogP contribution in [0.4, 0.5) is 26.3 Å². The van der Waals surface area contributed by atoms with Gasteiger partial charge in [0.05, 0.1) is 0 Å². The highest BCUT2D eigenvalue weighted by Gasteiger charge is 2.44. The molecule has 0 saturated heterocycles. The molecule has 5 nitrogen and oxygen atoms in total. The summed E-state index contributed by atoms with van der Waals surface area (Å²) in [6, 6.07) is 5.61. The van der Waals surface area contributed by atoms with Gasteiger partial charge in [-0.2, -0.15) is 17.6 Å². The first-order valence-corrected chi connectivity index (χ1v) is 11.1. The lowest BCUT2D eigenvalue weighted by molar-refractivity contribution is -0.254. The van der Waals surface area contributed by atoms with Crippen molar-refractivity contribution in [1.82, 2.24) is 9.97 Å². The van der Waals surface area contributed by atoms with Crippen LogP contribution in [0, 0.1) is 11.6 Å². The maximum Gasteiger partial charge on any atom is 0.461 e. The Balaban J connectivity index is 1.66. The van der Waals surface area contributed by atoms with E-state index in [-0.39, 0.29) is 22.7 Å². The number of benzene rings is 2. The summed E-state index contributed by atoms with van der Waals surface area (Å²) in [6.07, 6.45) is -0.904. The highest BCUT2D eigenvalue weighted by Crippen LogP contribution is 2.33. The van der Waals surface area contributed by atoms with Crippen LogP contribution in [0.15, 0.2) is 48.8 Å². The molecule has 0 saturated carbocycles. The number of carbonyl (C=O) groups excluding carboxylic acids is 1. The first-order valence-electron chi connectivity index (χ1n) is 11.1. The zero-order valence-electron chi connectivity index (χ0n) is 19.1. The second-order valence-electron chi connectivity index (χ2n) is 7.87. The number of aryl methyl sites for hydroxylation is 1. The highest BCUT2D eigenvalue weighted by molar-refractivity contribution is 5.87. The summed E-state index contributed by atoms with van der Waals surface area (Å²) in [6.45, 7) is 2.11. The van der Waals surface area contributed by atoms with E-state index in [1.165, 1.54) is 24.5 Å². The minimum Gasteiger partial charge on any atom is -0.425 e. The van der Waals surface area contributed by atoms with Crippen LogP contribution in [-0.4, -0.2) is 28.5 Å². The molecule has 192 valence electrons. The standard InChI is InChI=1S/C25H22F6N2O3/c1-2-3-4-5-6-15-13-32-22(33-14-15)23(34)35-17-8-9-18(19(26)12-17)16-7-10-21(20(27)11-16)36-25(30,31)24(28)29/h7-14,24H,2-6H2,1H3. The number of rotatable bonds is 11. The predicted molar refractivity (Wildman–Crippen MR) is 118 cm³/mol. The number of ether oxygens (including phenoxy) is 2. The van der Waals surface area contributed by atoms with Gasteiger partial charge in [0.2, 0.25) is 5.82 Å². The van der Waals surface area contributed by atoms with Crippen LogP contribution in [0.3, 0.4) is 0 Å². The van der Waals surface area contributed by atoms with E-state index in [0.717, 1.165) is 49.8 Å². The average Bonchev–Trinajstić information content (AvgIpc) is 2.83. The smallest absolute Gasteiger partial charge is 0.425 e. The molecule has 1 aromatic heterocycles. The lowest BCUT2D eigenvalue weighted by Gasteiger charge is -2.17. The van der Waals surface area contributed by atoms with E-state index in [4.69, 9.17) is 4.74 Å². The van der Waals surface area contributed by atoms with E-state index < -0.39 is 35.9 Å². The van der Waals surface area contributed by atoms with E-state index in [1.54, 1.807) is 0 Å². The number of unbranched alkanes of at least 4 members (excludes halogenated alkanes) is 3. The van der Waals surface area contributed by atoms with Gasteiger partial charge in [0.25, 0.3) is 0 Å². The highest BCUT2D eigenvalue weighted by atomic mass is 19.3.